The maximum atomic E-state index is 10.8. The summed E-state index contributed by atoms with van der Waals surface area (Å²) in [5.41, 5.74) is 0. The molecule has 0 aliphatic carbocycles. The fourth-order valence-corrected chi connectivity index (χ4v) is 1.24. The second kappa shape index (κ2) is 7.76. The number of aliphatic carboxylic acids is 1. The van der Waals surface area contributed by atoms with Gasteiger partial charge in [-0.25, -0.2) is 0 Å². The molecule has 0 aromatic heterocycles. The number of hydrogen-bond acceptors (Lipinski definition) is 3. The van der Waals surface area contributed by atoms with Gasteiger partial charge in [0.1, 0.15) is 6.04 Å². The van der Waals surface area contributed by atoms with Gasteiger partial charge >= 0.3 is 5.97 Å². The molecule has 2 N–H and O–H groups in total. The van der Waals surface area contributed by atoms with Crippen molar-refractivity contribution in [2.75, 3.05) is 20.3 Å². The molecule has 0 heterocycles. The average Bonchev–Trinajstić information content (AvgIpc) is 2.09. The van der Waals surface area contributed by atoms with E-state index in [9.17, 15) is 4.79 Å². The Balaban J connectivity index is 3.68. The third kappa shape index (κ3) is 6.86. The fraction of sp³-hybridized carbons (Fsp3) is 0.900. The van der Waals surface area contributed by atoms with Crippen molar-refractivity contribution in [2.24, 2.45) is 5.92 Å². The fourth-order valence-electron chi connectivity index (χ4n) is 1.24. The number of carboxylic acids is 1. The Bertz CT molecular complexity index is 159. The van der Waals surface area contributed by atoms with E-state index < -0.39 is 12.0 Å². The van der Waals surface area contributed by atoms with Crippen LogP contribution >= 0.6 is 0 Å². The van der Waals surface area contributed by atoms with Gasteiger partial charge in [0, 0.05) is 13.7 Å². The highest BCUT2D eigenvalue weighted by Crippen LogP contribution is 2.04. The van der Waals surface area contributed by atoms with Crippen molar-refractivity contribution < 1.29 is 14.6 Å². The number of methoxy groups -OCH3 is 1. The van der Waals surface area contributed by atoms with Crippen LogP contribution in [0, 0.1) is 5.92 Å². The standard InChI is InChI=1S/C10H21NO3/c1-8(2)7-9(10(12)13)11-5-4-6-14-3/h8-9,11H,4-7H2,1-3H3,(H,12,13). The zero-order valence-electron chi connectivity index (χ0n) is 9.25. The van der Waals surface area contributed by atoms with E-state index >= 15 is 0 Å². The van der Waals surface area contributed by atoms with Gasteiger partial charge in [0.25, 0.3) is 0 Å². The summed E-state index contributed by atoms with van der Waals surface area (Å²) < 4.78 is 4.88. The molecule has 0 amide bonds. The summed E-state index contributed by atoms with van der Waals surface area (Å²) in [6.07, 6.45) is 1.51. The van der Waals surface area contributed by atoms with E-state index in [2.05, 4.69) is 5.32 Å². The highest BCUT2D eigenvalue weighted by atomic mass is 16.5. The third-order valence-corrected chi connectivity index (χ3v) is 1.92. The van der Waals surface area contributed by atoms with Crippen LogP contribution in [0.5, 0.6) is 0 Å². The van der Waals surface area contributed by atoms with Crippen LogP contribution in [0.4, 0.5) is 0 Å². The van der Waals surface area contributed by atoms with Gasteiger partial charge in [-0.15, -0.1) is 0 Å². The molecule has 4 heteroatoms. The van der Waals surface area contributed by atoms with Gasteiger partial charge in [0.2, 0.25) is 0 Å². The molecule has 0 spiro atoms. The van der Waals surface area contributed by atoms with Crippen molar-refractivity contribution in [1.29, 1.82) is 0 Å². The number of carbonyl (C=O) groups is 1. The average molecular weight is 203 g/mol. The van der Waals surface area contributed by atoms with Crippen LogP contribution in [-0.4, -0.2) is 37.4 Å². The van der Waals surface area contributed by atoms with E-state index in [1.54, 1.807) is 7.11 Å². The van der Waals surface area contributed by atoms with Gasteiger partial charge in [-0.1, -0.05) is 13.8 Å². The molecule has 84 valence electrons. The molecule has 0 bridgehead atoms. The minimum Gasteiger partial charge on any atom is -0.480 e. The van der Waals surface area contributed by atoms with Gasteiger partial charge in [0.05, 0.1) is 0 Å². The Kier molecular flexibility index (Phi) is 7.42. The molecule has 1 atom stereocenters. The van der Waals surface area contributed by atoms with E-state index in [1.165, 1.54) is 0 Å². The quantitative estimate of drug-likeness (QED) is 0.580. The SMILES string of the molecule is COCCCNC(CC(C)C)C(=O)O. The van der Waals surface area contributed by atoms with Gasteiger partial charge in [-0.2, -0.15) is 0 Å². The Morgan fingerprint density at radius 1 is 1.50 bits per heavy atom. The summed E-state index contributed by atoms with van der Waals surface area (Å²) >= 11 is 0. The molecular formula is C10H21NO3. The molecule has 0 saturated carbocycles. The Hall–Kier alpha value is -0.610. The highest BCUT2D eigenvalue weighted by molar-refractivity contribution is 5.73. The summed E-state index contributed by atoms with van der Waals surface area (Å²) in [6.45, 7) is 5.40. The monoisotopic (exact) mass is 203 g/mol. The first kappa shape index (κ1) is 13.4. The first-order valence-corrected chi connectivity index (χ1v) is 5.03. The lowest BCUT2D eigenvalue weighted by Gasteiger charge is -2.16. The van der Waals surface area contributed by atoms with Crippen LogP contribution < -0.4 is 5.32 Å². The molecule has 0 saturated heterocycles. The van der Waals surface area contributed by atoms with Crippen LogP contribution in [0.25, 0.3) is 0 Å². The molecule has 1 unspecified atom stereocenters. The molecule has 0 aliphatic heterocycles. The predicted molar refractivity (Wildman–Crippen MR) is 55.4 cm³/mol. The van der Waals surface area contributed by atoms with E-state index in [4.69, 9.17) is 9.84 Å². The van der Waals surface area contributed by atoms with Crippen LogP contribution in [0.2, 0.25) is 0 Å². The van der Waals surface area contributed by atoms with Gasteiger partial charge in [-0.3, -0.25) is 4.79 Å². The molecule has 0 aromatic carbocycles. The lowest BCUT2D eigenvalue weighted by atomic mass is 10.0. The smallest absolute Gasteiger partial charge is 0.320 e. The zero-order chi connectivity index (χ0) is 11.0. The predicted octanol–water partition coefficient (Wildman–Crippen LogP) is 1.11. The van der Waals surface area contributed by atoms with Crippen molar-refractivity contribution in [3.05, 3.63) is 0 Å². The van der Waals surface area contributed by atoms with Crippen LogP contribution in [0.15, 0.2) is 0 Å². The van der Waals surface area contributed by atoms with E-state index in [0.29, 0.717) is 25.5 Å². The minimum atomic E-state index is -0.767. The van der Waals surface area contributed by atoms with E-state index in [1.807, 2.05) is 13.8 Å². The number of rotatable bonds is 8. The third-order valence-electron chi connectivity index (χ3n) is 1.92. The zero-order valence-corrected chi connectivity index (χ0v) is 9.25. The number of nitrogens with one attached hydrogen (secondary N) is 1. The van der Waals surface area contributed by atoms with E-state index in [-0.39, 0.29) is 0 Å². The van der Waals surface area contributed by atoms with Gasteiger partial charge in [0.15, 0.2) is 0 Å². The van der Waals surface area contributed by atoms with Crippen LogP contribution in [0.3, 0.4) is 0 Å². The molecular weight excluding hydrogens is 182 g/mol. The molecule has 14 heavy (non-hydrogen) atoms. The topological polar surface area (TPSA) is 58.6 Å². The Morgan fingerprint density at radius 3 is 2.57 bits per heavy atom. The molecule has 0 radical (unpaired) electrons. The van der Waals surface area contributed by atoms with Gasteiger partial charge < -0.3 is 15.2 Å². The first-order valence-electron chi connectivity index (χ1n) is 5.03. The number of carboxylic acid groups (broad SMARTS) is 1. The maximum absolute atomic E-state index is 10.8. The van der Waals surface area contributed by atoms with Crippen LogP contribution in [0.1, 0.15) is 26.7 Å². The molecule has 0 aromatic rings. The van der Waals surface area contributed by atoms with Crippen molar-refractivity contribution >= 4 is 5.97 Å². The largest absolute Gasteiger partial charge is 0.480 e. The van der Waals surface area contributed by atoms with E-state index in [0.717, 1.165) is 6.42 Å². The first-order chi connectivity index (χ1) is 6.57. The summed E-state index contributed by atoms with van der Waals surface area (Å²) in [6, 6.07) is -0.424. The Labute approximate surface area is 85.6 Å². The van der Waals surface area contributed by atoms with Gasteiger partial charge in [-0.05, 0) is 25.3 Å². The summed E-state index contributed by atoms with van der Waals surface area (Å²) in [5, 5.41) is 11.9. The van der Waals surface area contributed by atoms with Crippen LogP contribution in [-0.2, 0) is 9.53 Å². The number of ether oxygens (including phenoxy) is 1. The highest BCUT2D eigenvalue weighted by Gasteiger charge is 2.17. The molecule has 0 fully saturated rings. The number of hydrogen-bond donors (Lipinski definition) is 2. The van der Waals surface area contributed by atoms with Crippen molar-refractivity contribution in [3.8, 4) is 0 Å². The van der Waals surface area contributed by atoms with Crippen molar-refractivity contribution in [1.82, 2.24) is 5.32 Å². The summed E-state index contributed by atoms with van der Waals surface area (Å²) in [7, 11) is 1.64. The van der Waals surface area contributed by atoms with Crippen molar-refractivity contribution in [3.63, 3.8) is 0 Å². The second-order valence-electron chi connectivity index (χ2n) is 3.82. The Morgan fingerprint density at radius 2 is 2.14 bits per heavy atom. The normalized spacial score (nSPS) is 13.1. The molecule has 0 rings (SSSR count). The minimum absolute atomic E-state index is 0.394. The lowest BCUT2D eigenvalue weighted by Crippen LogP contribution is -2.38. The van der Waals surface area contributed by atoms with Crippen molar-refractivity contribution in [2.45, 2.75) is 32.7 Å². The summed E-state index contributed by atoms with van der Waals surface area (Å²) in [5.74, 6) is -0.373. The molecule has 0 aliphatic rings. The second-order valence-corrected chi connectivity index (χ2v) is 3.82. The summed E-state index contributed by atoms with van der Waals surface area (Å²) in [4.78, 5) is 10.8. The maximum Gasteiger partial charge on any atom is 0.320 e. The lowest BCUT2D eigenvalue weighted by molar-refractivity contribution is -0.139. The molecule has 4 nitrogen and oxygen atoms in total.